The number of carbonyl (C=O) groups is 1. The number of hydrogen-bond acceptors (Lipinski definition) is 5. The lowest BCUT2D eigenvalue weighted by molar-refractivity contribution is 0.0204. The molecule has 2 fully saturated rings. The molecule has 1 saturated carbocycles. The largest absolute Gasteiger partial charge is 0.478 e. The average Bonchev–Trinajstić information content (AvgIpc) is 3.17. The Morgan fingerprint density at radius 1 is 1.58 bits per heavy atom. The summed E-state index contributed by atoms with van der Waals surface area (Å²) in [5.74, 6) is -1.02. The van der Waals surface area contributed by atoms with Crippen LogP contribution in [-0.2, 0) is 4.74 Å². The second-order valence-electron chi connectivity index (χ2n) is 4.96. The van der Waals surface area contributed by atoms with Gasteiger partial charge in [-0.3, -0.25) is 0 Å². The van der Waals surface area contributed by atoms with E-state index >= 15 is 0 Å². The summed E-state index contributed by atoms with van der Waals surface area (Å²) in [4.78, 5) is 17.1. The Balaban J connectivity index is 1.97. The van der Waals surface area contributed by atoms with Crippen molar-refractivity contribution in [1.29, 1.82) is 5.26 Å². The third-order valence-corrected chi connectivity index (χ3v) is 3.62. The van der Waals surface area contributed by atoms with E-state index in [1.54, 1.807) is 6.07 Å². The van der Waals surface area contributed by atoms with Crippen molar-refractivity contribution < 1.29 is 14.6 Å². The van der Waals surface area contributed by atoms with Crippen molar-refractivity contribution in [2.24, 2.45) is 0 Å². The number of anilines is 1. The van der Waals surface area contributed by atoms with Crippen LogP contribution >= 0.6 is 0 Å². The van der Waals surface area contributed by atoms with Gasteiger partial charge < -0.3 is 14.7 Å². The Morgan fingerprint density at radius 2 is 2.37 bits per heavy atom. The van der Waals surface area contributed by atoms with Crippen molar-refractivity contribution in [3.05, 3.63) is 23.5 Å². The van der Waals surface area contributed by atoms with Crippen LogP contribution in [0.5, 0.6) is 0 Å². The van der Waals surface area contributed by atoms with Gasteiger partial charge in [0.25, 0.3) is 0 Å². The molecule has 1 spiro atoms. The molecule has 0 atom stereocenters. The molecule has 0 unspecified atom stereocenters. The topological polar surface area (TPSA) is 86.5 Å². The van der Waals surface area contributed by atoms with Crippen LogP contribution in [-0.4, -0.2) is 41.4 Å². The van der Waals surface area contributed by atoms with E-state index in [9.17, 15) is 9.90 Å². The molecule has 6 nitrogen and oxygen atoms in total. The first-order valence-electron chi connectivity index (χ1n) is 6.16. The molecule has 1 aliphatic heterocycles. The standard InChI is InChI=1S/C13H13N3O3/c14-6-9-5-11(10(7-15-9)12(17)18)16-3-4-19-13(8-16)1-2-13/h5,7H,1-4,8H2,(H,17,18). The molecule has 0 radical (unpaired) electrons. The van der Waals surface area contributed by atoms with Gasteiger partial charge in [0.15, 0.2) is 0 Å². The van der Waals surface area contributed by atoms with E-state index in [2.05, 4.69) is 4.98 Å². The van der Waals surface area contributed by atoms with Gasteiger partial charge in [-0.2, -0.15) is 5.26 Å². The summed E-state index contributed by atoms with van der Waals surface area (Å²) in [6.45, 7) is 1.91. The Bertz CT molecular complexity index is 575. The quantitative estimate of drug-likeness (QED) is 0.853. The zero-order valence-electron chi connectivity index (χ0n) is 10.3. The third kappa shape index (κ3) is 2.13. The third-order valence-electron chi connectivity index (χ3n) is 3.62. The first-order valence-corrected chi connectivity index (χ1v) is 6.16. The molecule has 2 aliphatic rings. The molecule has 0 bridgehead atoms. The van der Waals surface area contributed by atoms with E-state index in [0.717, 1.165) is 12.8 Å². The van der Waals surface area contributed by atoms with Crippen LogP contribution in [0.3, 0.4) is 0 Å². The highest BCUT2D eigenvalue weighted by molar-refractivity contribution is 5.94. The Morgan fingerprint density at radius 3 is 3.00 bits per heavy atom. The van der Waals surface area contributed by atoms with Gasteiger partial charge in [0, 0.05) is 19.3 Å². The average molecular weight is 259 g/mol. The normalized spacial score (nSPS) is 20.1. The summed E-state index contributed by atoms with van der Waals surface area (Å²) in [7, 11) is 0. The Labute approximate surface area is 110 Å². The molecule has 1 N–H and O–H groups in total. The van der Waals surface area contributed by atoms with Gasteiger partial charge >= 0.3 is 5.97 Å². The molecule has 3 rings (SSSR count). The molecule has 1 aromatic heterocycles. The van der Waals surface area contributed by atoms with Crippen LogP contribution in [0.1, 0.15) is 28.9 Å². The Kier molecular flexibility index (Phi) is 2.64. The van der Waals surface area contributed by atoms with Crippen molar-refractivity contribution in [1.82, 2.24) is 4.98 Å². The number of morpholine rings is 1. The molecule has 1 aliphatic carbocycles. The summed E-state index contributed by atoms with van der Waals surface area (Å²) in [5, 5.41) is 18.1. The summed E-state index contributed by atoms with van der Waals surface area (Å²) in [6.07, 6.45) is 3.29. The van der Waals surface area contributed by atoms with Crippen molar-refractivity contribution in [3.8, 4) is 6.07 Å². The molecular weight excluding hydrogens is 246 g/mol. The number of aromatic carboxylic acids is 1. The summed E-state index contributed by atoms with van der Waals surface area (Å²) in [6, 6.07) is 3.49. The van der Waals surface area contributed by atoms with Crippen LogP contribution in [0.2, 0.25) is 0 Å². The predicted molar refractivity (Wildman–Crippen MR) is 66.0 cm³/mol. The lowest BCUT2D eigenvalue weighted by Gasteiger charge is -2.35. The highest BCUT2D eigenvalue weighted by atomic mass is 16.5. The summed E-state index contributed by atoms with van der Waals surface area (Å²) in [5.41, 5.74) is 0.839. The molecule has 1 saturated heterocycles. The van der Waals surface area contributed by atoms with E-state index in [0.29, 0.717) is 25.4 Å². The van der Waals surface area contributed by atoms with Crippen molar-refractivity contribution in [3.63, 3.8) is 0 Å². The number of nitrogens with zero attached hydrogens (tertiary/aromatic N) is 3. The second-order valence-corrected chi connectivity index (χ2v) is 4.96. The highest BCUT2D eigenvalue weighted by Crippen LogP contribution is 2.43. The van der Waals surface area contributed by atoms with E-state index in [1.165, 1.54) is 6.20 Å². The number of pyridine rings is 1. The van der Waals surface area contributed by atoms with Gasteiger partial charge in [-0.1, -0.05) is 0 Å². The Hall–Kier alpha value is -2.13. The first kappa shape index (κ1) is 11.9. The fraction of sp³-hybridized carbons (Fsp3) is 0.462. The maximum atomic E-state index is 11.3. The number of ether oxygens (including phenoxy) is 1. The summed E-state index contributed by atoms with van der Waals surface area (Å²) < 4.78 is 5.72. The van der Waals surface area contributed by atoms with Crippen molar-refractivity contribution in [2.45, 2.75) is 18.4 Å². The van der Waals surface area contributed by atoms with Crippen LogP contribution in [0.4, 0.5) is 5.69 Å². The van der Waals surface area contributed by atoms with Crippen molar-refractivity contribution in [2.75, 3.05) is 24.6 Å². The number of nitriles is 1. The SMILES string of the molecule is N#Cc1cc(N2CCOC3(CC3)C2)c(C(=O)O)cn1. The molecule has 19 heavy (non-hydrogen) atoms. The fourth-order valence-electron chi connectivity index (χ4n) is 2.42. The lowest BCUT2D eigenvalue weighted by Crippen LogP contribution is -2.44. The lowest BCUT2D eigenvalue weighted by atomic mass is 10.1. The number of rotatable bonds is 2. The van der Waals surface area contributed by atoms with Crippen LogP contribution in [0, 0.1) is 11.3 Å². The van der Waals surface area contributed by atoms with Crippen LogP contribution < -0.4 is 4.90 Å². The monoisotopic (exact) mass is 259 g/mol. The van der Waals surface area contributed by atoms with Gasteiger partial charge in [0.1, 0.15) is 17.3 Å². The number of carboxylic acids is 1. The minimum Gasteiger partial charge on any atom is -0.478 e. The number of carboxylic acid groups (broad SMARTS) is 1. The molecule has 2 heterocycles. The first-order chi connectivity index (χ1) is 9.13. The van der Waals surface area contributed by atoms with Gasteiger partial charge in [-0.05, 0) is 18.9 Å². The van der Waals surface area contributed by atoms with E-state index < -0.39 is 5.97 Å². The number of aromatic nitrogens is 1. The maximum Gasteiger partial charge on any atom is 0.339 e. The van der Waals surface area contributed by atoms with Crippen molar-refractivity contribution >= 4 is 11.7 Å². The van der Waals surface area contributed by atoms with Crippen LogP contribution in [0.25, 0.3) is 0 Å². The smallest absolute Gasteiger partial charge is 0.339 e. The van der Waals surface area contributed by atoms with E-state index in [1.807, 2.05) is 11.0 Å². The summed E-state index contributed by atoms with van der Waals surface area (Å²) >= 11 is 0. The molecule has 98 valence electrons. The molecule has 1 aromatic rings. The zero-order chi connectivity index (χ0) is 13.5. The zero-order valence-corrected chi connectivity index (χ0v) is 10.3. The molecule has 0 amide bonds. The van der Waals surface area contributed by atoms with Gasteiger partial charge in [0.05, 0.1) is 17.9 Å². The predicted octanol–water partition coefficient (Wildman–Crippen LogP) is 1.02. The fourth-order valence-corrected chi connectivity index (χ4v) is 2.42. The molecule has 0 aromatic carbocycles. The second kappa shape index (κ2) is 4.21. The van der Waals surface area contributed by atoms with Crippen LogP contribution in [0.15, 0.2) is 12.3 Å². The van der Waals surface area contributed by atoms with E-state index in [-0.39, 0.29) is 16.9 Å². The van der Waals surface area contributed by atoms with E-state index in [4.69, 9.17) is 10.00 Å². The molecular formula is C13H13N3O3. The van der Waals surface area contributed by atoms with Gasteiger partial charge in [-0.15, -0.1) is 0 Å². The van der Waals surface area contributed by atoms with Gasteiger partial charge in [-0.25, -0.2) is 9.78 Å². The number of hydrogen-bond donors (Lipinski definition) is 1. The maximum absolute atomic E-state index is 11.3. The highest BCUT2D eigenvalue weighted by Gasteiger charge is 2.47. The minimum absolute atomic E-state index is 0.0932. The minimum atomic E-state index is -1.02. The van der Waals surface area contributed by atoms with Gasteiger partial charge in [0.2, 0.25) is 0 Å². The molecule has 6 heteroatoms.